The molecule has 1 aromatic carbocycles. The largest absolute Gasteiger partial charge is 0.434 e. The van der Waals surface area contributed by atoms with Gasteiger partial charge in [0.05, 0.1) is 16.8 Å². The van der Waals surface area contributed by atoms with E-state index in [2.05, 4.69) is 25.2 Å². The van der Waals surface area contributed by atoms with Crippen molar-refractivity contribution in [2.45, 2.75) is 16.8 Å². The lowest BCUT2D eigenvalue weighted by Crippen LogP contribution is -2.25. The van der Waals surface area contributed by atoms with Crippen molar-refractivity contribution < 1.29 is 35.5 Å². The van der Waals surface area contributed by atoms with Gasteiger partial charge in [-0.05, 0) is 24.3 Å². The average molecular weight is 526 g/mol. The van der Waals surface area contributed by atoms with E-state index in [1.807, 2.05) is 0 Å². The van der Waals surface area contributed by atoms with E-state index in [-0.39, 0.29) is 28.2 Å². The van der Waals surface area contributed by atoms with Crippen LogP contribution in [0.3, 0.4) is 0 Å². The zero-order valence-electron chi connectivity index (χ0n) is 18.5. The standard InChI is InChI=1S/C21H18F4N6O4S/c1-30-11-16(28-20(32)15-10-27-31-6-2-5-26-19(15)31)18(29-30)14-7-12(3-4-17(14)35-21(24)25)36(33,34)13(8-22)9-23/h2-7,10-11,13,21H,8-9H2,1H3,(H,28,32). The van der Waals surface area contributed by atoms with Gasteiger partial charge in [0, 0.05) is 31.2 Å². The molecule has 0 fully saturated rings. The summed E-state index contributed by atoms with van der Waals surface area (Å²) in [6, 6.07) is 4.36. The van der Waals surface area contributed by atoms with Gasteiger partial charge >= 0.3 is 6.61 Å². The first kappa shape index (κ1) is 25.1. The van der Waals surface area contributed by atoms with Gasteiger partial charge in [0.15, 0.2) is 15.5 Å². The highest BCUT2D eigenvalue weighted by Crippen LogP contribution is 2.37. The number of benzene rings is 1. The molecule has 0 radical (unpaired) electrons. The highest BCUT2D eigenvalue weighted by Gasteiger charge is 2.30. The topological polar surface area (TPSA) is 120 Å². The summed E-state index contributed by atoms with van der Waals surface area (Å²) in [5, 5.41) is 8.78. The molecule has 0 bridgehead atoms. The summed E-state index contributed by atoms with van der Waals surface area (Å²) in [5.74, 6) is -1.12. The van der Waals surface area contributed by atoms with Crippen LogP contribution in [-0.4, -0.2) is 63.9 Å². The molecule has 0 aliphatic carbocycles. The maximum absolute atomic E-state index is 13.2. The van der Waals surface area contributed by atoms with Gasteiger partial charge in [0.1, 0.15) is 35.6 Å². The number of halogens is 4. The van der Waals surface area contributed by atoms with Crippen LogP contribution in [0.5, 0.6) is 5.75 Å². The lowest BCUT2D eigenvalue weighted by atomic mass is 10.1. The van der Waals surface area contributed by atoms with Gasteiger partial charge in [-0.1, -0.05) is 0 Å². The van der Waals surface area contributed by atoms with Crippen LogP contribution in [0.4, 0.5) is 23.2 Å². The number of rotatable bonds is 9. The van der Waals surface area contributed by atoms with Crippen LogP contribution in [-0.2, 0) is 16.9 Å². The first-order chi connectivity index (χ1) is 17.1. The highest BCUT2D eigenvalue weighted by atomic mass is 32.2. The van der Waals surface area contributed by atoms with Crippen molar-refractivity contribution in [3.8, 4) is 17.0 Å². The maximum Gasteiger partial charge on any atom is 0.387 e. The van der Waals surface area contributed by atoms with E-state index < -0.39 is 51.6 Å². The van der Waals surface area contributed by atoms with Crippen molar-refractivity contribution in [2.75, 3.05) is 18.7 Å². The number of sulfone groups is 1. The Labute approximate surface area is 201 Å². The van der Waals surface area contributed by atoms with E-state index >= 15 is 0 Å². The van der Waals surface area contributed by atoms with E-state index in [1.54, 1.807) is 12.3 Å². The summed E-state index contributed by atoms with van der Waals surface area (Å²) in [7, 11) is -3.02. The number of ether oxygens (including phenoxy) is 1. The Hall–Kier alpha value is -4.01. The van der Waals surface area contributed by atoms with E-state index in [0.29, 0.717) is 0 Å². The molecule has 4 rings (SSSR count). The second-order valence-electron chi connectivity index (χ2n) is 7.48. The van der Waals surface area contributed by atoms with Gasteiger partial charge in [-0.2, -0.15) is 19.0 Å². The molecular formula is C21H18F4N6O4S. The van der Waals surface area contributed by atoms with E-state index in [1.165, 1.54) is 34.8 Å². The predicted octanol–water partition coefficient (Wildman–Crippen LogP) is 3.06. The molecule has 10 nitrogen and oxygen atoms in total. The fraction of sp³-hybridized carbons (Fsp3) is 0.238. The lowest BCUT2D eigenvalue weighted by molar-refractivity contribution is -0.0494. The Kier molecular flexibility index (Phi) is 6.92. The Morgan fingerprint density at radius 2 is 1.97 bits per heavy atom. The Morgan fingerprint density at radius 1 is 1.22 bits per heavy atom. The molecule has 0 aliphatic rings. The number of nitrogens with zero attached hydrogens (tertiary/aromatic N) is 5. The first-order valence-electron chi connectivity index (χ1n) is 10.2. The Morgan fingerprint density at radius 3 is 2.67 bits per heavy atom. The fourth-order valence-electron chi connectivity index (χ4n) is 3.43. The van der Waals surface area contributed by atoms with Crippen molar-refractivity contribution in [1.82, 2.24) is 24.4 Å². The fourth-order valence-corrected chi connectivity index (χ4v) is 4.68. The van der Waals surface area contributed by atoms with Crippen molar-refractivity contribution >= 4 is 27.1 Å². The molecule has 36 heavy (non-hydrogen) atoms. The number of hydrogen-bond acceptors (Lipinski definition) is 7. The average Bonchev–Trinajstić information content (AvgIpc) is 3.42. The van der Waals surface area contributed by atoms with Gasteiger partial charge in [0.25, 0.3) is 5.91 Å². The number of amides is 1. The maximum atomic E-state index is 13.2. The third kappa shape index (κ3) is 4.73. The van der Waals surface area contributed by atoms with Gasteiger partial charge in [0.2, 0.25) is 0 Å². The normalized spacial score (nSPS) is 12.0. The van der Waals surface area contributed by atoms with Crippen molar-refractivity contribution in [1.29, 1.82) is 0 Å². The summed E-state index contributed by atoms with van der Waals surface area (Å²) < 4.78 is 85.0. The van der Waals surface area contributed by atoms with Crippen molar-refractivity contribution in [3.63, 3.8) is 0 Å². The van der Waals surface area contributed by atoms with Crippen LogP contribution < -0.4 is 10.1 Å². The zero-order valence-corrected chi connectivity index (χ0v) is 19.3. The third-order valence-electron chi connectivity index (χ3n) is 5.13. The number of alkyl halides is 4. The van der Waals surface area contributed by atoms with E-state index in [4.69, 9.17) is 0 Å². The summed E-state index contributed by atoms with van der Waals surface area (Å²) in [5.41, 5.74) is -0.0148. The minimum absolute atomic E-state index is 0.0129. The van der Waals surface area contributed by atoms with Gasteiger partial charge in [-0.3, -0.25) is 9.48 Å². The number of aromatic nitrogens is 5. The third-order valence-corrected chi connectivity index (χ3v) is 7.18. The second-order valence-corrected chi connectivity index (χ2v) is 9.71. The van der Waals surface area contributed by atoms with Crippen molar-refractivity contribution in [2.24, 2.45) is 7.05 Å². The molecule has 1 amide bonds. The molecular weight excluding hydrogens is 508 g/mol. The molecule has 0 saturated carbocycles. The molecule has 0 spiro atoms. The number of aryl methyl sites for hydroxylation is 1. The number of carbonyl (C=O) groups excluding carboxylic acids is 1. The highest BCUT2D eigenvalue weighted by molar-refractivity contribution is 7.92. The van der Waals surface area contributed by atoms with Crippen molar-refractivity contribution in [3.05, 3.63) is 54.6 Å². The quantitative estimate of drug-likeness (QED) is 0.333. The number of fused-ring (bicyclic) bond motifs is 1. The Balaban J connectivity index is 1.80. The molecule has 15 heteroatoms. The predicted molar refractivity (Wildman–Crippen MR) is 119 cm³/mol. The SMILES string of the molecule is Cn1cc(NC(=O)c2cnn3cccnc23)c(-c2cc(S(=O)(=O)C(CF)CF)ccc2OC(F)F)n1. The summed E-state index contributed by atoms with van der Waals surface area (Å²) in [6.07, 6.45) is 5.67. The van der Waals surface area contributed by atoms with Gasteiger partial charge in [-0.15, -0.1) is 0 Å². The van der Waals surface area contributed by atoms with Crippen LogP contribution in [0.2, 0.25) is 0 Å². The molecule has 190 valence electrons. The van der Waals surface area contributed by atoms with E-state index in [9.17, 15) is 30.8 Å². The minimum Gasteiger partial charge on any atom is -0.434 e. The van der Waals surface area contributed by atoms with Gasteiger partial charge in [-0.25, -0.2) is 26.7 Å². The number of carbonyl (C=O) groups is 1. The molecule has 4 aromatic rings. The molecule has 0 unspecified atom stereocenters. The number of hydrogen-bond donors (Lipinski definition) is 1. The van der Waals surface area contributed by atoms with Gasteiger partial charge < -0.3 is 10.1 Å². The zero-order chi connectivity index (χ0) is 26.0. The molecule has 0 saturated heterocycles. The van der Waals surface area contributed by atoms with Crippen LogP contribution >= 0.6 is 0 Å². The summed E-state index contributed by atoms with van der Waals surface area (Å²) in [6.45, 7) is -6.24. The molecule has 1 N–H and O–H groups in total. The van der Waals surface area contributed by atoms with Crippen LogP contribution in [0.1, 0.15) is 10.4 Å². The first-order valence-corrected chi connectivity index (χ1v) is 11.8. The molecule has 3 heterocycles. The summed E-state index contributed by atoms with van der Waals surface area (Å²) in [4.78, 5) is 16.5. The lowest BCUT2D eigenvalue weighted by Gasteiger charge is -2.15. The number of anilines is 1. The van der Waals surface area contributed by atoms with Crippen LogP contribution in [0.25, 0.3) is 16.9 Å². The molecule has 0 aliphatic heterocycles. The summed E-state index contributed by atoms with van der Waals surface area (Å²) >= 11 is 0. The molecule has 0 atom stereocenters. The monoisotopic (exact) mass is 526 g/mol. The minimum atomic E-state index is -4.50. The molecule has 3 aromatic heterocycles. The second kappa shape index (κ2) is 9.93. The van der Waals surface area contributed by atoms with Crippen LogP contribution in [0, 0.1) is 0 Å². The number of nitrogens with one attached hydrogen (secondary N) is 1. The Bertz CT molecular complexity index is 1520. The van der Waals surface area contributed by atoms with Crippen LogP contribution in [0.15, 0.2) is 53.9 Å². The van der Waals surface area contributed by atoms with E-state index in [0.717, 1.165) is 18.2 Å². The smallest absolute Gasteiger partial charge is 0.387 e.